The van der Waals surface area contributed by atoms with E-state index in [-0.39, 0.29) is 38.8 Å². The first kappa shape index (κ1) is 19.5. The molecule has 1 aliphatic rings. The third-order valence-electron chi connectivity index (χ3n) is 3.63. The van der Waals surface area contributed by atoms with Crippen LogP contribution in [0.25, 0.3) is 6.08 Å². The van der Waals surface area contributed by atoms with Crippen LogP contribution in [0.5, 0.6) is 0 Å². The van der Waals surface area contributed by atoms with Crippen LogP contribution in [-0.2, 0) is 14.3 Å². The van der Waals surface area contributed by atoms with Gasteiger partial charge in [0.1, 0.15) is 5.02 Å². The standard InChI is InChI=1S/C18H11Cl2N3O5/c1-9(24)21-12-4-2-10(3-5-12)17-22-15(18(25)28-17)6-11-7-16(23(26)27)14(20)8-13(11)19/h2-8H,1H3,(H,21,24). The third kappa shape index (κ3) is 4.19. The van der Waals surface area contributed by atoms with Crippen molar-refractivity contribution in [3.63, 3.8) is 0 Å². The van der Waals surface area contributed by atoms with Gasteiger partial charge >= 0.3 is 5.97 Å². The Labute approximate surface area is 168 Å². The number of esters is 1. The van der Waals surface area contributed by atoms with E-state index in [2.05, 4.69) is 10.3 Å². The summed E-state index contributed by atoms with van der Waals surface area (Å²) in [5, 5.41) is 13.7. The van der Waals surface area contributed by atoms with E-state index < -0.39 is 10.9 Å². The van der Waals surface area contributed by atoms with Crippen LogP contribution >= 0.6 is 23.2 Å². The lowest BCUT2D eigenvalue weighted by molar-refractivity contribution is -0.384. The fourth-order valence-electron chi connectivity index (χ4n) is 2.38. The normalized spacial score (nSPS) is 14.6. The first-order valence-electron chi connectivity index (χ1n) is 7.78. The maximum absolute atomic E-state index is 12.1. The number of rotatable bonds is 4. The molecule has 0 bridgehead atoms. The number of amides is 1. The summed E-state index contributed by atoms with van der Waals surface area (Å²) in [6, 6.07) is 8.89. The molecule has 2 aromatic rings. The van der Waals surface area contributed by atoms with Crippen molar-refractivity contribution in [1.82, 2.24) is 0 Å². The summed E-state index contributed by atoms with van der Waals surface area (Å²) < 4.78 is 5.15. The second kappa shape index (κ2) is 7.79. The predicted octanol–water partition coefficient (Wildman–Crippen LogP) is 4.20. The summed E-state index contributed by atoms with van der Waals surface area (Å²) in [5.41, 5.74) is 0.883. The summed E-state index contributed by atoms with van der Waals surface area (Å²) in [4.78, 5) is 37.7. The molecule has 0 fully saturated rings. The SMILES string of the molecule is CC(=O)Nc1ccc(C2=NC(=Cc3cc([N+](=O)[O-])c(Cl)cc3Cl)C(=O)O2)cc1. The fraction of sp³-hybridized carbons (Fsp3) is 0.0556. The van der Waals surface area contributed by atoms with E-state index in [1.165, 1.54) is 19.1 Å². The van der Waals surface area contributed by atoms with Gasteiger partial charge in [-0.1, -0.05) is 23.2 Å². The van der Waals surface area contributed by atoms with E-state index in [0.717, 1.165) is 6.07 Å². The lowest BCUT2D eigenvalue weighted by Gasteiger charge is -2.03. The smallest absolute Gasteiger partial charge is 0.363 e. The quantitative estimate of drug-likeness (QED) is 0.345. The van der Waals surface area contributed by atoms with E-state index in [4.69, 9.17) is 27.9 Å². The highest BCUT2D eigenvalue weighted by atomic mass is 35.5. The number of nitrogens with one attached hydrogen (secondary N) is 1. The van der Waals surface area contributed by atoms with Gasteiger partial charge in [0.05, 0.1) is 4.92 Å². The minimum absolute atomic E-state index is 0.0604. The highest BCUT2D eigenvalue weighted by Crippen LogP contribution is 2.32. The van der Waals surface area contributed by atoms with Gasteiger partial charge < -0.3 is 10.1 Å². The van der Waals surface area contributed by atoms with Crippen LogP contribution < -0.4 is 5.32 Å². The minimum atomic E-state index is -0.727. The molecule has 0 aromatic heterocycles. The van der Waals surface area contributed by atoms with Crippen LogP contribution in [0.4, 0.5) is 11.4 Å². The number of aliphatic imine (C=N–C) groups is 1. The summed E-state index contributed by atoms with van der Waals surface area (Å²) in [6.07, 6.45) is 1.28. The van der Waals surface area contributed by atoms with Crippen LogP contribution in [0.2, 0.25) is 10.0 Å². The second-order valence-corrected chi connectivity index (χ2v) is 6.49. The number of anilines is 1. The molecule has 0 saturated heterocycles. The zero-order valence-electron chi connectivity index (χ0n) is 14.2. The summed E-state index contributed by atoms with van der Waals surface area (Å²) in [6.45, 7) is 1.39. The highest BCUT2D eigenvalue weighted by molar-refractivity contribution is 6.37. The van der Waals surface area contributed by atoms with Crippen LogP contribution in [-0.4, -0.2) is 22.7 Å². The Kier molecular flexibility index (Phi) is 5.43. The maximum atomic E-state index is 12.1. The van der Waals surface area contributed by atoms with E-state index >= 15 is 0 Å². The van der Waals surface area contributed by atoms with E-state index in [9.17, 15) is 19.7 Å². The second-order valence-electron chi connectivity index (χ2n) is 5.68. The van der Waals surface area contributed by atoms with Crippen molar-refractivity contribution in [2.24, 2.45) is 4.99 Å². The molecule has 0 radical (unpaired) electrons. The van der Waals surface area contributed by atoms with Crippen LogP contribution in [0, 0.1) is 10.1 Å². The van der Waals surface area contributed by atoms with Crippen molar-refractivity contribution < 1.29 is 19.2 Å². The van der Waals surface area contributed by atoms with Gasteiger partial charge in [0.2, 0.25) is 11.8 Å². The van der Waals surface area contributed by atoms with E-state index in [0.29, 0.717) is 11.3 Å². The van der Waals surface area contributed by atoms with Crippen molar-refractivity contribution in [3.05, 3.63) is 73.4 Å². The lowest BCUT2D eigenvalue weighted by Crippen LogP contribution is -2.07. The van der Waals surface area contributed by atoms with E-state index in [1.807, 2.05) is 0 Å². The molecule has 0 spiro atoms. The topological polar surface area (TPSA) is 111 Å². The number of hydrogen-bond donors (Lipinski definition) is 1. The van der Waals surface area contributed by atoms with Gasteiger partial charge in [0.15, 0.2) is 5.70 Å². The number of nitro groups is 1. The number of nitro benzene ring substituents is 1. The molecule has 28 heavy (non-hydrogen) atoms. The number of halogens is 2. The molecule has 10 heteroatoms. The zero-order valence-corrected chi connectivity index (χ0v) is 15.7. The number of hydrogen-bond acceptors (Lipinski definition) is 6. The Bertz CT molecular complexity index is 1060. The number of nitrogens with zero attached hydrogens (tertiary/aromatic N) is 2. The van der Waals surface area contributed by atoms with Crippen LogP contribution in [0.15, 0.2) is 47.1 Å². The molecule has 1 heterocycles. The average Bonchev–Trinajstić information content (AvgIpc) is 2.97. The van der Waals surface area contributed by atoms with Crippen molar-refractivity contribution in [2.45, 2.75) is 6.92 Å². The molecule has 1 N–H and O–H groups in total. The van der Waals surface area contributed by atoms with Crippen LogP contribution in [0.3, 0.4) is 0 Å². The Hall–Kier alpha value is -3.23. The maximum Gasteiger partial charge on any atom is 0.363 e. The van der Waals surface area contributed by atoms with Gasteiger partial charge in [0, 0.05) is 34.8 Å². The van der Waals surface area contributed by atoms with Gasteiger partial charge in [-0.15, -0.1) is 0 Å². The molecule has 8 nitrogen and oxygen atoms in total. The monoisotopic (exact) mass is 419 g/mol. The van der Waals surface area contributed by atoms with Crippen LogP contribution in [0.1, 0.15) is 18.1 Å². The lowest BCUT2D eigenvalue weighted by atomic mass is 10.1. The Morgan fingerprint density at radius 2 is 1.89 bits per heavy atom. The third-order valence-corrected chi connectivity index (χ3v) is 4.26. The number of cyclic esters (lactones) is 1. The number of benzene rings is 2. The Morgan fingerprint density at radius 3 is 2.50 bits per heavy atom. The zero-order chi connectivity index (χ0) is 20.4. The van der Waals surface area contributed by atoms with Crippen molar-refractivity contribution in [2.75, 3.05) is 5.32 Å². The molecule has 3 rings (SSSR count). The highest BCUT2D eigenvalue weighted by Gasteiger charge is 2.25. The molecule has 0 aliphatic carbocycles. The summed E-state index contributed by atoms with van der Waals surface area (Å²) in [7, 11) is 0. The van der Waals surface area contributed by atoms with Gasteiger partial charge in [-0.05, 0) is 36.4 Å². The van der Waals surface area contributed by atoms with Gasteiger partial charge in [-0.3, -0.25) is 14.9 Å². The van der Waals surface area contributed by atoms with Crippen molar-refractivity contribution in [3.8, 4) is 0 Å². The molecule has 142 valence electrons. The Morgan fingerprint density at radius 1 is 1.21 bits per heavy atom. The van der Waals surface area contributed by atoms with Crippen molar-refractivity contribution >= 4 is 58.4 Å². The number of ether oxygens (including phenoxy) is 1. The van der Waals surface area contributed by atoms with Gasteiger partial charge in [-0.2, -0.15) is 0 Å². The average molecular weight is 420 g/mol. The van der Waals surface area contributed by atoms with Gasteiger partial charge in [-0.25, -0.2) is 9.79 Å². The van der Waals surface area contributed by atoms with E-state index in [1.54, 1.807) is 24.3 Å². The number of carbonyl (C=O) groups excluding carboxylic acids is 2. The molecule has 1 aliphatic heterocycles. The Balaban J connectivity index is 1.93. The molecule has 1 amide bonds. The molecule has 2 aromatic carbocycles. The summed E-state index contributed by atoms with van der Waals surface area (Å²) in [5.74, 6) is -0.878. The summed E-state index contributed by atoms with van der Waals surface area (Å²) >= 11 is 11.9. The predicted molar refractivity (Wildman–Crippen MR) is 104 cm³/mol. The fourth-order valence-corrected chi connectivity index (χ4v) is 2.89. The molecular weight excluding hydrogens is 409 g/mol. The molecular formula is C18H11Cl2N3O5. The number of carbonyl (C=O) groups is 2. The molecule has 0 saturated carbocycles. The molecule has 0 unspecified atom stereocenters. The van der Waals surface area contributed by atoms with Gasteiger partial charge in [0.25, 0.3) is 5.69 Å². The van der Waals surface area contributed by atoms with Crippen molar-refractivity contribution in [1.29, 1.82) is 0 Å². The minimum Gasteiger partial charge on any atom is -0.402 e. The molecule has 0 atom stereocenters. The first-order valence-corrected chi connectivity index (χ1v) is 8.54. The largest absolute Gasteiger partial charge is 0.402 e. The first-order chi connectivity index (χ1) is 13.2.